The van der Waals surface area contributed by atoms with Gasteiger partial charge in [-0.25, -0.2) is 0 Å². The van der Waals surface area contributed by atoms with Gasteiger partial charge in [-0.2, -0.15) is 8.42 Å². The lowest BCUT2D eigenvalue weighted by atomic mass is 10.3. The van der Waals surface area contributed by atoms with Crippen LogP contribution in [-0.2, 0) is 66.5 Å². The van der Waals surface area contributed by atoms with Gasteiger partial charge in [-0.3, -0.25) is 8.98 Å². The summed E-state index contributed by atoms with van der Waals surface area (Å²) in [6.45, 7) is 9.77. The van der Waals surface area contributed by atoms with E-state index >= 15 is 0 Å². The molecule has 14 nitrogen and oxygen atoms in total. The first kappa shape index (κ1) is 41.3. The van der Waals surface area contributed by atoms with Crippen molar-refractivity contribution in [2.75, 3.05) is 132 Å². The van der Waals surface area contributed by atoms with Crippen molar-refractivity contribution in [3.05, 3.63) is 30.3 Å². The minimum atomic E-state index is -3.76. The average molecular weight is 669 g/mol. The molecule has 0 aliphatic carbocycles. The third-order valence-corrected chi connectivity index (χ3v) is 6.75. The van der Waals surface area contributed by atoms with E-state index in [1.807, 2.05) is 6.92 Å². The molecule has 0 aromatic heterocycles. The van der Waals surface area contributed by atoms with E-state index in [0.717, 1.165) is 6.42 Å². The Bertz CT molecular complexity index is 888. The highest BCUT2D eigenvalue weighted by Crippen LogP contribution is 2.10. The Labute approximate surface area is 267 Å². The molecule has 0 unspecified atom stereocenters. The summed E-state index contributed by atoms with van der Waals surface area (Å²) in [6.07, 6.45) is 1.21. The van der Waals surface area contributed by atoms with Crippen molar-refractivity contribution in [3.8, 4) is 0 Å². The van der Waals surface area contributed by atoms with Gasteiger partial charge >= 0.3 is 5.97 Å². The van der Waals surface area contributed by atoms with E-state index < -0.39 is 10.1 Å². The van der Waals surface area contributed by atoms with Crippen molar-refractivity contribution in [2.24, 2.45) is 0 Å². The maximum atomic E-state index is 12.0. The first-order valence-corrected chi connectivity index (χ1v) is 16.8. The lowest BCUT2D eigenvalue weighted by Crippen LogP contribution is -2.16. The number of carbonyl (C=O) groups excluding carboxylic acids is 1. The molecule has 0 aliphatic rings. The summed E-state index contributed by atoms with van der Waals surface area (Å²) >= 11 is 0. The Morgan fingerprint density at radius 1 is 0.489 bits per heavy atom. The highest BCUT2D eigenvalue weighted by atomic mass is 32.2. The fourth-order valence-electron chi connectivity index (χ4n) is 3.21. The quantitative estimate of drug-likeness (QED) is 0.0597. The van der Waals surface area contributed by atoms with Crippen LogP contribution in [0.5, 0.6) is 0 Å². The third-order valence-electron chi connectivity index (χ3n) is 5.42. The molecule has 0 saturated carbocycles. The normalized spacial score (nSPS) is 11.7. The van der Waals surface area contributed by atoms with Crippen molar-refractivity contribution in [3.63, 3.8) is 0 Å². The number of carbonyl (C=O) groups is 1. The molecule has 15 heteroatoms. The van der Waals surface area contributed by atoms with Crippen LogP contribution in [0.2, 0.25) is 0 Å². The molecule has 0 amide bonds. The van der Waals surface area contributed by atoms with Crippen LogP contribution in [-0.4, -0.2) is 147 Å². The molecule has 0 atom stereocenters. The molecule has 0 heterocycles. The van der Waals surface area contributed by atoms with Gasteiger partial charge in [-0.15, -0.1) is 0 Å². The van der Waals surface area contributed by atoms with Crippen LogP contribution in [0.3, 0.4) is 0 Å². The molecule has 0 saturated heterocycles. The Kier molecular flexibility index (Phi) is 28.3. The molecule has 0 radical (unpaired) electrons. The van der Waals surface area contributed by atoms with Crippen molar-refractivity contribution >= 4 is 16.1 Å². The summed E-state index contributed by atoms with van der Waals surface area (Å²) in [5, 5.41) is 0. The molecule has 0 fully saturated rings. The van der Waals surface area contributed by atoms with Gasteiger partial charge in [0.25, 0.3) is 10.1 Å². The highest BCUT2D eigenvalue weighted by molar-refractivity contribution is 7.86. The van der Waals surface area contributed by atoms with Gasteiger partial charge < -0.3 is 47.4 Å². The predicted octanol–water partition coefficient (Wildman–Crippen LogP) is 1.88. The second-order valence-electron chi connectivity index (χ2n) is 9.07. The molecule has 1 rings (SSSR count). The van der Waals surface area contributed by atoms with E-state index in [9.17, 15) is 13.2 Å². The van der Waals surface area contributed by atoms with Gasteiger partial charge in [0.05, 0.1) is 130 Å². The lowest BCUT2D eigenvalue weighted by molar-refractivity contribution is -0.145. The predicted molar refractivity (Wildman–Crippen MR) is 163 cm³/mol. The molecular formula is C30H52O14S. The molecule has 0 bridgehead atoms. The topological polar surface area (TPSA) is 153 Å². The second-order valence-corrected chi connectivity index (χ2v) is 10.7. The molecule has 0 aliphatic heterocycles. The van der Waals surface area contributed by atoms with Gasteiger partial charge in [-0.05, 0) is 18.6 Å². The maximum absolute atomic E-state index is 12.0. The van der Waals surface area contributed by atoms with Gasteiger partial charge in [0.2, 0.25) is 0 Å². The third kappa shape index (κ3) is 27.1. The molecular weight excluding hydrogens is 616 g/mol. The number of rotatable bonds is 34. The summed E-state index contributed by atoms with van der Waals surface area (Å²) in [5.41, 5.74) is 0. The summed E-state index contributed by atoms with van der Waals surface area (Å²) in [7, 11) is -3.76. The largest absolute Gasteiger partial charge is 0.463 e. The van der Waals surface area contributed by atoms with Gasteiger partial charge in [0.15, 0.2) is 0 Å². The first-order chi connectivity index (χ1) is 22.1. The van der Waals surface area contributed by atoms with Crippen molar-refractivity contribution in [1.82, 2.24) is 0 Å². The number of benzene rings is 1. The number of hydrogen-bond acceptors (Lipinski definition) is 14. The van der Waals surface area contributed by atoms with Crippen LogP contribution in [0.4, 0.5) is 0 Å². The number of hydrogen-bond donors (Lipinski definition) is 0. The Morgan fingerprint density at radius 3 is 1.13 bits per heavy atom. The molecule has 0 spiro atoms. The minimum absolute atomic E-state index is 0.0615. The van der Waals surface area contributed by atoms with Crippen molar-refractivity contribution < 1.29 is 64.8 Å². The summed E-state index contributed by atoms with van der Waals surface area (Å²) in [5.74, 6) is -0.196. The Hall–Kier alpha value is -1.76. The molecule has 0 N–H and O–H groups in total. The van der Waals surface area contributed by atoms with Gasteiger partial charge in [0, 0.05) is 6.42 Å². The zero-order valence-corrected chi connectivity index (χ0v) is 27.4. The van der Waals surface area contributed by atoms with Crippen LogP contribution in [0.1, 0.15) is 19.8 Å². The highest BCUT2D eigenvalue weighted by Gasteiger charge is 2.13. The van der Waals surface area contributed by atoms with E-state index in [-0.39, 0.29) is 30.7 Å². The van der Waals surface area contributed by atoms with Crippen molar-refractivity contribution in [2.45, 2.75) is 24.7 Å². The van der Waals surface area contributed by atoms with E-state index in [0.29, 0.717) is 119 Å². The zero-order chi connectivity index (χ0) is 32.5. The maximum Gasteiger partial charge on any atom is 0.305 e. The lowest BCUT2D eigenvalue weighted by Gasteiger charge is -2.09. The second kappa shape index (κ2) is 30.9. The number of esters is 1. The van der Waals surface area contributed by atoms with Crippen LogP contribution in [0.15, 0.2) is 35.2 Å². The Morgan fingerprint density at radius 2 is 0.800 bits per heavy atom. The SMILES string of the molecule is CCCC(=O)OCCOCCOCCOCCOCCOCCOCCOCCOCCOCCOS(=O)(=O)c1ccccc1. The molecule has 1 aromatic rings. The van der Waals surface area contributed by atoms with Gasteiger partial charge in [0.1, 0.15) is 6.61 Å². The fraction of sp³-hybridized carbons (Fsp3) is 0.767. The van der Waals surface area contributed by atoms with Crippen molar-refractivity contribution in [1.29, 1.82) is 0 Å². The molecule has 262 valence electrons. The molecule has 1 aromatic carbocycles. The fourth-order valence-corrected chi connectivity index (χ4v) is 4.12. The van der Waals surface area contributed by atoms with Crippen LogP contribution < -0.4 is 0 Å². The standard InChI is InChI=1S/C30H52O14S/c1-2-6-30(31)43-27-25-41-23-21-39-19-17-37-15-13-35-11-9-34-10-12-36-14-16-38-18-20-40-22-24-42-26-28-44-45(32,33)29-7-4-3-5-8-29/h3-5,7-8H,2,6,9-28H2,1H3. The van der Waals surface area contributed by atoms with Crippen LogP contribution in [0.25, 0.3) is 0 Å². The van der Waals surface area contributed by atoms with E-state index in [1.165, 1.54) is 12.1 Å². The Balaban J connectivity index is 1.68. The van der Waals surface area contributed by atoms with Crippen LogP contribution >= 0.6 is 0 Å². The van der Waals surface area contributed by atoms with E-state index in [1.54, 1.807) is 18.2 Å². The smallest absolute Gasteiger partial charge is 0.305 e. The van der Waals surface area contributed by atoms with E-state index in [2.05, 4.69) is 0 Å². The first-order valence-electron chi connectivity index (χ1n) is 15.4. The zero-order valence-electron chi connectivity index (χ0n) is 26.6. The average Bonchev–Trinajstić information content (AvgIpc) is 3.04. The van der Waals surface area contributed by atoms with Crippen LogP contribution in [0, 0.1) is 0 Å². The summed E-state index contributed by atoms with van der Waals surface area (Å²) < 4.78 is 82.5. The molecule has 45 heavy (non-hydrogen) atoms. The van der Waals surface area contributed by atoms with E-state index in [4.69, 9.17) is 51.6 Å². The minimum Gasteiger partial charge on any atom is -0.463 e. The monoisotopic (exact) mass is 668 g/mol. The van der Waals surface area contributed by atoms with Gasteiger partial charge in [-0.1, -0.05) is 25.1 Å². The number of ether oxygens (including phenoxy) is 10. The summed E-state index contributed by atoms with van der Waals surface area (Å²) in [4.78, 5) is 11.3. The summed E-state index contributed by atoms with van der Waals surface area (Å²) in [6, 6.07) is 7.96.